The second kappa shape index (κ2) is 15.8. The second-order valence-corrected chi connectivity index (χ2v) is 18.0. The Balaban J connectivity index is 1.11. The number of phenols is 1. The van der Waals surface area contributed by atoms with Crippen LogP contribution >= 0.6 is 21.6 Å². The Bertz CT molecular complexity index is 2200. The van der Waals surface area contributed by atoms with Crippen LogP contribution in [0.4, 0.5) is 19.4 Å². The highest BCUT2D eigenvalue weighted by Gasteiger charge is 2.46. The Morgan fingerprint density at radius 2 is 1.93 bits per heavy atom. The Morgan fingerprint density at radius 1 is 1.18 bits per heavy atom. The highest BCUT2D eigenvalue weighted by atomic mass is 33.1. The van der Waals surface area contributed by atoms with Crippen LogP contribution in [0.3, 0.4) is 0 Å². The molecule has 1 amide bonds. The Morgan fingerprint density at radius 3 is 2.64 bits per heavy atom. The second-order valence-electron chi connectivity index (χ2n) is 15.1. The zero-order chi connectivity index (χ0) is 39.1. The molecule has 6 heterocycles. The summed E-state index contributed by atoms with van der Waals surface area (Å²) in [4.78, 5) is 44.7. The largest absolute Gasteiger partial charge is 0.508 e. The first-order chi connectivity index (χ1) is 27.1. The van der Waals surface area contributed by atoms with Gasteiger partial charge >= 0.3 is 12.1 Å². The smallest absolute Gasteiger partial charge is 0.410 e. The number of aromatic hydroxyl groups is 1. The third-order valence-corrected chi connectivity index (χ3v) is 14.4. The summed E-state index contributed by atoms with van der Waals surface area (Å²) in [5.41, 5.74) is 5.43. The lowest BCUT2D eigenvalue weighted by Gasteiger charge is -2.41. The highest BCUT2D eigenvalue weighted by molar-refractivity contribution is 8.77. The number of nitrogens with zero attached hydrogens (tertiary/aromatic N) is 6. The topological polar surface area (TPSA) is 147 Å². The van der Waals surface area contributed by atoms with Gasteiger partial charge in [0.05, 0.1) is 34.6 Å². The van der Waals surface area contributed by atoms with Gasteiger partial charge in [-0.25, -0.2) is 13.6 Å². The van der Waals surface area contributed by atoms with E-state index in [1.807, 2.05) is 16.7 Å². The van der Waals surface area contributed by atoms with E-state index in [1.54, 1.807) is 0 Å². The molecular formula is C40H43F2N7O5S2. The molecule has 2 aromatic heterocycles. The van der Waals surface area contributed by atoms with E-state index in [0.717, 1.165) is 51.6 Å². The lowest BCUT2D eigenvalue weighted by molar-refractivity contribution is -0.108. The molecule has 4 aliphatic heterocycles. The molecule has 294 valence electrons. The van der Waals surface area contributed by atoms with Gasteiger partial charge in [-0.05, 0) is 82.1 Å². The maximum atomic E-state index is 17.1. The van der Waals surface area contributed by atoms with E-state index in [9.17, 15) is 19.1 Å². The van der Waals surface area contributed by atoms with E-state index in [1.165, 1.54) is 52.1 Å². The first kappa shape index (κ1) is 38.4. The standard InChI is InChI=1S/C40H43F2N7O5S2/c1-3-29-32(41)9-6-24-14-28(51)15-30(33(24)29)35-34(42)36-31(16-44-35)37(46-38(45-36)54-22-40-10-4-12-48(40)13-5-11-40)47-17-26-7-8-27(18-47)49(26)39(52)53-20-23(2)56-55-21-25(43)19-50/h1,6,9,14-16,19,23,25-27,51H,4-5,7-8,10-13,17-18,20-22,43H2,2H3/t23?,25-,26?,27?/m1/s1. The summed E-state index contributed by atoms with van der Waals surface area (Å²) >= 11 is 0. The van der Waals surface area contributed by atoms with Crippen LogP contribution in [0.25, 0.3) is 32.9 Å². The van der Waals surface area contributed by atoms with E-state index in [-0.39, 0.29) is 75.1 Å². The van der Waals surface area contributed by atoms with Gasteiger partial charge in [0.2, 0.25) is 0 Å². The summed E-state index contributed by atoms with van der Waals surface area (Å²) in [7, 11) is 2.99. The lowest BCUT2D eigenvalue weighted by Crippen LogP contribution is -2.56. The van der Waals surface area contributed by atoms with E-state index in [0.29, 0.717) is 48.3 Å². The lowest BCUT2D eigenvalue weighted by atomic mass is 9.95. The number of nitrogens with two attached hydrogens (primary N) is 1. The molecule has 2 aromatic carbocycles. The van der Waals surface area contributed by atoms with Crippen LogP contribution in [-0.2, 0) is 9.53 Å². The molecule has 4 aromatic rings. The number of aromatic nitrogens is 3. The van der Waals surface area contributed by atoms with Crippen LogP contribution in [0.2, 0.25) is 0 Å². The Labute approximate surface area is 331 Å². The number of hydrogen-bond donors (Lipinski definition) is 2. The number of fused-ring (bicyclic) bond motifs is 5. The first-order valence-corrected chi connectivity index (χ1v) is 21.3. The molecule has 56 heavy (non-hydrogen) atoms. The SMILES string of the molecule is C#Cc1c(F)ccc2cc(O)cc(-c3ncc4c(N5CC6CCC(C5)N6C(=O)OCC(C)SSC[C@H](N)C=O)nc(OCC56CCCN5CCC6)nc4c3F)c12. The molecule has 4 saturated heterocycles. The van der Waals surface area contributed by atoms with Crippen molar-refractivity contribution in [2.75, 3.05) is 50.0 Å². The van der Waals surface area contributed by atoms with E-state index in [4.69, 9.17) is 26.6 Å². The number of halogens is 2. The van der Waals surface area contributed by atoms with Gasteiger partial charge in [0.25, 0.3) is 0 Å². The molecule has 0 saturated carbocycles. The zero-order valence-electron chi connectivity index (χ0n) is 31.0. The summed E-state index contributed by atoms with van der Waals surface area (Å²) in [5, 5.41) is 11.7. The van der Waals surface area contributed by atoms with Gasteiger partial charge in [-0.3, -0.25) is 14.8 Å². The van der Waals surface area contributed by atoms with E-state index in [2.05, 4.69) is 20.8 Å². The van der Waals surface area contributed by atoms with Crippen molar-refractivity contribution in [1.82, 2.24) is 24.8 Å². The summed E-state index contributed by atoms with van der Waals surface area (Å²) in [6.07, 6.45) is 13.2. The zero-order valence-corrected chi connectivity index (χ0v) is 32.6. The fourth-order valence-corrected chi connectivity index (χ4v) is 11.1. The van der Waals surface area contributed by atoms with Gasteiger partial charge in [0.15, 0.2) is 5.82 Å². The number of ether oxygens (including phenoxy) is 2. The predicted molar refractivity (Wildman–Crippen MR) is 214 cm³/mol. The van der Waals surface area contributed by atoms with Crippen molar-refractivity contribution in [2.24, 2.45) is 5.73 Å². The minimum Gasteiger partial charge on any atom is -0.508 e. The van der Waals surface area contributed by atoms with Gasteiger partial charge in [0, 0.05) is 41.2 Å². The van der Waals surface area contributed by atoms with Gasteiger partial charge in [0.1, 0.15) is 48.1 Å². The van der Waals surface area contributed by atoms with Crippen molar-refractivity contribution >= 4 is 61.5 Å². The molecule has 3 unspecified atom stereocenters. The van der Waals surface area contributed by atoms with E-state index < -0.39 is 17.7 Å². The number of rotatable bonds is 12. The molecule has 2 bridgehead atoms. The van der Waals surface area contributed by atoms with Crippen LogP contribution in [0.5, 0.6) is 11.8 Å². The first-order valence-electron chi connectivity index (χ1n) is 18.9. The van der Waals surface area contributed by atoms with Crippen molar-refractivity contribution < 1.29 is 33.0 Å². The minimum atomic E-state index is -0.792. The molecule has 0 radical (unpaired) electrons. The monoisotopic (exact) mass is 803 g/mol. The molecule has 3 N–H and O–H groups in total. The van der Waals surface area contributed by atoms with Crippen LogP contribution < -0.4 is 15.4 Å². The number of pyridine rings is 1. The number of carbonyl (C=O) groups excluding carboxylic acids is 2. The number of anilines is 1. The van der Waals surface area contributed by atoms with Crippen molar-refractivity contribution in [3.8, 4) is 35.4 Å². The van der Waals surface area contributed by atoms with Crippen LogP contribution in [0, 0.1) is 24.0 Å². The maximum Gasteiger partial charge on any atom is 0.410 e. The molecule has 4 atom stereocenters. The fraction of sp³-hybridized carbons (Fsp3) is 0.475. The van der Waals surface area contributed by atoms with Crippen LogP contribution in [-0.4, -0.2) is 116 Å². The Hall–Kier alpha value is -4.43. The number of phenolic OH excluding ortho intramolecular Hbond substituents is 1. The summed E-state index contributed by atoms with van der Waals surface area (Å²) in [6, 6.07) is 4.61. The third kappa shape index (κ3) is 7.19. The molecule has 12 nitrogen and oxygen atoms in total. The number of benzene rings is 2. The van der Waals surface area contributed by atoms with Gasteiger partial charge in [-0.1, -0.05) is 33.6 Å². The number of amides is 1. The van der Waals surface area contributed by atoms with Gasteiger partial charge < -0.3 is 30.0 Å². The molecule has 4 aliphatic rings. The molecule has 16 heteroatoms. The normalized spacial score (nSPS) is 21.3. The molecule has 0 aliphatic carbocycles. The fourth-order valence-electron chi connectivity index (χ4n) is 8.87. The van der Waals surface area contributed by atoms with E-state index >= 15 is 4.39 Å². The third-order valence-electron chi connectivity index (χ3n) is 11.5. The van der Waals surface area contributed by atoms with Crippen molar-refractivity contribution in [2.45, 2.75) is 74.4 Å². The predicted octanol–water partition coefficient (Wildman–Crippen LogP) is 5.90. The Kier molecular flexibility index (Phi) is 10.9. The quantitative estimate of drug-likeness (QED) is 0.0996. The minimum absolute atomic E-state index is 0.00468. The summed E-state index contributed by atoms with van der Waals surface area (Å²) in [5.74, 6) is 1.69. The average molecular weight is 804 g/mol. The van der Waals surface area contributed by atoms with Crippen molar-refractivity contribution in [3.63, 3.8) is 0 Å². The number of aldehydes is 1. The van der Waals surface area contributed by atoms with Crippen LogP contribution in [0.1, 0.15) is 51.0 Å². The van der Waals surface area contributed by atoms with Crippen LogP contribution in [0.15, 0.2) is 30.5 Å². The molecule has 0 spiro atoms. The summed E-state index contributed by atoms with van der Waals surface area (Å²) < 4.78 is 44.2. The number of carbonyl (C=O) groups is 2. The molecule has 8 rings (SSSR count). The van der Waals surface area contributed by atoms with Crippen molar-refractivity contribution in [1.29, 1.82) is 0 Å². The summed E-state index contributed by atoms with van der Waals surface area (Å²) in [6.45, 7) is 5.39. The van der Waals surface area contributed by atoms with Gasteiger partial charge in [-0.15, -0.1) is 6.42 Å². The van der Waals surface area contributed by atoms with Crippen molar-refractivity contribution in [3.05, 3.63) is 47.7 Å². The average Bonchev–Trinajstić information content (AvgIpc) is 3.86. The molecular weight excluding hydrogens is 761 g/mol. The number of terminal acetylenes is 1. The maximum absolute atomic E-state index is 17.1. The number of piperazine rings is 1. The highest BCUT2D eigenvalue weighted by Crippen LogP contribution is 2.42. The number of hydrogen-bond acceptors (Lipinski definition) is 13. The van der Waals surface area contributed by atoms with Gasteiger partial charge in [-0.2, -0.15) is 9.97 Å². The molecule has 4 fully saturated rings.